The maximum atomic E-state index is 12.2. The van der Waals surface area contributed by atoms with Crippen molar-refractivity contribution in [2.75, 3.05) is 19.5 Å². The monoisotopic (exact) mass is 342 g/mol. The van der Waals surface area contributed by atoms with E-state index in [4.69, 9.17) is 21.1 Å². The first-order chi connectivity index (χ1) is 11.6. The van der Waals surface area contributed by atoms with Crippen LogP contribution < -0.4 is 14.8 Å². The third kappa shape index (κ3) is 4.28. The number of hydrogen-bond acceptors (Lipinski definition) is 4. The number of carbonyl (C=O) groups excluding carboxylic acids is 1. The van der Waals surface area contributed by atoms with E-state index in [1.807, 2.05) is 6.07 Å². The van der Waals surface area contributed by atoms with Gasteiger partial charge in [0.15, 0.2) is 11.5 Å². The first-order valence-corrected chi connectivity index (χ1v) is 7.36. The van der Waals surface area contributed by atoms with E-state index in [2.05, 4.69) is 5.32 Å². The zero-order valence-corrected chi connectivity index (χ0v) is 13.9. The summed E-state index contributed by atoms with van der Waals surface area (Å²) in [6, 6.07) is 13.6. The Morgan fingerprint density at radius 2 is 1.79 bits per heavy atom. The van der Waals surface area contributed by atoms with Crippen LogP contribution in [0.5, 0.6) is 11.5 Å². The lowest BCUT2D eigenvalue weighted by atomic mass is 10.1. The number of benzene rings is 2. The lowest BCUT2D eigenvalue weighted by Gasteiger charge is -2.08. The molecule has 0 atom stereocenters. The molecule has 6 heteroatoms. The summed E-state index contributed by atoms with van der Waals surface area (Å²) in [5.41, 5.74) is 1.17. The Hall–Kier alpha value is -2.97. The number of rotatable bonds is 5. The Kier molecular flexibility index (Phi) is 5.83. The van der Waals surface area contributed by atoms with Gasteiger partial charge in [-0.1, -0.05) is 17.7 Å². The quantitative estimate of drug-likeness (QED) is 0.660. The molecule has 0 radical (unpaired) electrons. The van der Waals surface area contributed by atoms with E-state index in [0.717, 1.165) is 0 Å². The van der Waals surface area contributed by atoms with E-state index in [0.29, 0.717) is 27.8 Å². The molecule has 2 aromatic rings. The number of nitrogens with zero attached hydrogens (tertiary/aromatic N) is 1. The van der Waals surface area contributed by atoms with E-state index < -0.39 is 5.91 Å². The molecule has 24 heavy (non-hydrogen) atoms. The molecule has 0 unspecified atom stereocenters. The number of ether oxygens (including phenoxy) is 2. The van der Waals surface area contributed by atoms with Gasteiger partial charge in [0.2, 0.25) is 0 Å². The van der Waals surface area contributed by atoms with Gasteiger partial charge in [-0.3, -0.25) is 4.79 Å². The number of carbonyl (C=O) groups is 1. The van der Waals surface area contributed by atoms with Crippen molar-refractivity contribution < 1.29 is 14.3 Å². The molecule has 1 amide bonds. The zero-order chi connectivity index (χ0) is 17.5. The Morgan fingerprint density at radius 3 is 2.38 bits per heavy atom. The lowest BCUT2D eigenvalue weighted by molar-refractivity contribution is -0.112. The maximum absolute atomic E-state index is 12.2. The van der Waals surface area contributed by atoms with E-state index in [9.17, 15) is 10.1 Å². The molecule has 0 aliphatic heterocycles. The Balaban J connectivity index is 2.23. The van der Waals surface area contributed by atoms with Gasteiger partial charge in [-0.2, -0.15) is 5.26 Å². The highest BCUT2D eigenvalue weighted by Crippen LogP contribution is 2.28. The van der Waals surface area contributed by atoms with Gasteiger partial charge in [0.25, 0.3) is 5.91 Å². The minimum absolute atomic E-state index is 0.0304. The average molecular weight is 343 g/mol. The van der Waals surface area contributed by atoms with Gasteiger partial charge in [-0.05, 0) is 48.0 Å². The van der Waals surface area contributed by atoms with Crippen molar-refractivity contribution in [3.05, 3.63) is 58.6 Å². The van der Waals surface area contributed by atoms with Crippen LogP contribution in [0.25, 0.3) is 6.08 Å². The molecule has 0 saturated carbocycles. The normalized spacial score (nSPS) is 10.7. The summed E-state index contributed by atoms with van der Waals surface area (Å²) < 4.78 is 10.4. The van der Waals surface area contributed by atoms with Gasteiger partial charge in [0, 0.05) is 10.7 Å². The van der Waals surface area contributed by atoms with Crippen molar-refractivity contribution >= 4 is 29.3 Å². The van der Waals surface area contributed by atoms with Crippen LogP contribution in [0.15, 0.2) is 48.0 Å². The van der Waals surface area contributed by atoms with Crippen LogP contribution in [0, 0.1) is 11.3 Å². The summed E-state index contributed by atoms with van der Waals surface area (Å²) in [6.45, 7) is 0. The van der Waals surface area contributed by atoms with Crippen LogP contribution in [0.2, 0.25) is 5.02 Å². The smallest absolute Gasteiger partial charge is 0.266 e. The third-order valence-electron chi connectivity index (χ3n) is 3.19. The molecule has 0 spiro atoms. The molecule has 0 fully saturated rings. The van der Waals surface area contributed by atoms with Crippen LogP contribution >= 0.6 is 11.6 Å². The number of nitriles is 1. The topological polar surface area (TPSA) is 71.3 Å². The van der Waals surface area contributed by atoms with Gasteiger partial charge in [-0.25, -0.2) is 0 Å². The summed E-state index contributed by atoms with van der Waals surface area (Å²) in [6.07, 6.45) is 1.48. The van der Waals surface area contributed by atoms with Crippen molar-refractivity contribution in [3.8, 4) is 17.6 Å². The first kappa shape index (κ1) is 17.4. The van der Waals surface area contributed by atoms with Crippen LogP contribution in [-0.4, -0.2) is 20.1 Å². The molecule has 2 rings (SSSR count). The molecule has 0 saturated heterocycles. The molecule has 0 bridgehead atoms. The number of methoxy groups -OCH3 is 2. The third-order valence-corrected chi connectivity index (χ3v) is 3.44. The van der Waals surface area contributed by atoms with Crippen LogP contribution in [0.3, 0.4) is 0 Å². The van der Waals surface area contributed by atoms with Crippen molar-refractivity contribution in [3.63, 3.8) is 0 Å². The molecular formula is C18H15ClN2O3. The van der Waals surface area contributed by atoms with E-state index >= 15 is 0 Å². The number of nitrogens with one attached hydrogen (secondary N) is 1. The van der Waals surface area contributed by atoms with Crippen molar-refractivity contribution in [2.24, 2.45) is 0 Å². The van der Waals surface area contributed by atoms with Crippen molar-refractivity contribution in [2.45, 2.75) is 0 Å². The Morgan fingerprint density at radius 1 is 1.12 bits per heavy atom. The molecule has 2 aromatic carbocycles. The second kappa shape index (κ2) is 8.04. The number of amides is 1. The fraction of sp³-hybridized carbons (Fsp3) is 0.111. The van der Waals surface area contributed by atoms with Crippen LogP contribution in [0.1, 0.15) is 5.56 Å². The highest BCUT2D eigenvalue weighted by Gasteiger charge is 2.11. The minimum atomic E-state index is -0.505. The minimum Gasteiger partial charge on any atom is -0.493 e. The summed E-state index contributed by atoms with van der Waals surface area (Å²) in [7, 11) is 3.05. The van der Waals surface area contributed by atoms with Crippen molar-refractivity contribution in [1.29, 1.82) is 5.26 Å². The molecule has 0 aliphatic carbocycles. The first-order valence-electron chi connectivity index (χ1n) is 6.98. The van der Waals surface area contributed by atoms with Crippen LogP contribution in [0.4, 0.5) is 5.69 Å². The van der Waals surface area contributed by atoms with E-state index in [1.54, 1.807) is 42.5 Å². The predicted molar refractivity (Wildman–Crippen MR) is 93.2 cm³/mol. The van der Waals surface area contributed by atoms with Crippen LogP contribution in [-0.2, 0) is 4.79 Å². The van der Waals surface area contributed by atoms with Gasteiger partial charge in [-0.15, -0.1) is 0 Å². The highest BCUT2D eigenvalue weighted by atomic mass is 35.5. The molecular weight excluding hydrogens is 328 g/mol. The number of halogens is 1. The predicted octanol–water partition coefficient (Wildman–Crippen LogP) is 3.90. The zero-order valence-electron chi connectivity index (χ0n) is 13.2. The fourth-order valence-corrected chi connectivity index (χ4v) is 2.12. The van der Waals surface area contributed by atoms with Gasteiger partial charge < -0.3 is 14.8 Å². The summed E-state index contributed by atoms with van der Waals surface area (Å²) in [4.78, 5) is 12.2. The standard InChI is InChI=1S/C18H15ClN2O3/c1-23-16-8-3-12(10-17(16)24-2)9-13(11-20)18(22)21-15-6-4-14(19)5-7-15/h3-10H,1-2H3,(H,21,22). The molecule has 1 N–H and O–H groups in total. The van der Waals surface area contributed by atoms with Gasteiger partial charge >= 0.3 is 0 Å². The van der Waals surface area contributed by atoms with E-state index in [-0.39, 0.29) is 5.57 Å². The molecule has 0 aromatic heterocycles. The van der Waals surface area contributed by atoms with Gasteiger partial charge in [0.1, 0.15) is 11.6 Å². The maximum Gasteiger partial charge on any atom is 0.266 e. The number of hydrogen-bond donors (Lipinski definition) is 1. The molecule has 122 valence electrons. The average Bonchev–Trinajstić information content (AvgIpc) is 2.61. The lowest BCUT2D eigenvalue weighted by Crippen LogP contribution is -2.13. The largest absolute Gasteiger partial charge is 0.493 e. The Labute approximate surface area is 145 Å². The second-order valence-electron chi connectivity index (χ2n) is 4.75. The van der Waals surface area contributed by atoms with E-state index in [1.165, 1.54) is 20.3 Å². The second-order valence-corrected chi connectivity index (χ2v) is 5.18. The fourth-order valence-electron chi connectivity index (χ4n) is 1.99. The molecule has 5 nitrogen and oxygen atoms in total. The Bertz CT molecular complexity index is 808. The highest BCUT2D eigenvalue weighted by molar-refractivity contribution is 6.30. The van der Waals surface area contributed by atoms with Gasteiger partial charge in [0.05, 0.1) is 14.2 Å². The number of anilines is 1. The van der Waals surface area contributed by atoms with Crippen molar-refractivity contribution in [1.82, 2.24) is 0 Å². The summed E-state index contributed by atoms with van der Waals surface area (Å²) in [5, 5.41) is 12.5. The summed E-state index contributed by atoms with van der Waals surface area (Å²) in [5.74, 6) is 0.579. The molecule has 0 aliphatic rings. The molecule has 0 heterocycles. The summed E-state index contributed by atoms with van der Waals surface area (Å²) >= 11 is 5.80. The SMILES string of the molecule is COc1ccc(C=C(C#N)C(=O)Nc2ccc(Cl)cc2)cc1OC.